The molecule has 1 aliphatic carbocycles. The molecule has 6 heteroatoms. The van der Waals surface area contributed by atoms with Crippen LogP contribution in [0.5, 0.6) is 0 Å². The summed E-state index contributed by atoms with van der Waals surface area (Å²) in [6, 6.07) is 11.6. The number of fused-ring (bicyclic) bond motifs is 1. The average molecular weight is 381 g/mol. The molecule has 1 aliphatic heterocycles. The lowest BCUT2D eigenvalue weighted by Crippen LogP contribution is -2.30. The van der Waals surface area contributed by atoms with Crippen LogP contribution >= 0.6 is 0 Å². The van der Waals surface area contributed by atoms with Crippen LogP contribution in [0.3, 0.4) is 0 Å². The molecule has 0 bridgehead atoms. The van der Waals surface area contributed by atoms with Gasteiger partial charge in [-0.1, -0.05) is 37.3 Å². The molecule has 0 unspecified atom stereocenters. The van der Waals surface area contributed by atoms with Gasteiger partial charge in [-0.15, -0.1) is 0 Å². The van der Waals surface area contributed by atoms with Crippen molar-refractivity contribution in [3.05, 3.63) is 58.9 Å². The number of hydrogen-bond acceptors (Lipinski definition) is 3. The Bertz CT molecular complexity index is 855. The monoisotopic (exact) mass is 381 g/mol. The SMILES string of the molecule is CC[C@@H](NC(=O)c1cc(C(=O)NCC2CC2)n2c1COCC2)c1ccccc1. The van der Waals surface area contributed by atoms with Gasteiger partial charge in [-0.25, -0.2) is 0 Å². The molecule has 2 aromatic rings. The van der Waals surface area contributed by atoms with E-state index in [4.69, 9.17) is 4.74 Å². The zero-order valence-corrected chi connectivity index (χ0v) is 16.2. The minimum atomic E-state index is -0.161. The third-order valence-corrected chi connectivity index (χ3v) is 5.55. The normalized spacial score (nSPS) is 16.9. The van der Waals surface area contributed by atoms with Crippen LogP contribution < -0.4 is 10.6 Å². The topological polar surface area (TPSA) is 72.4 Å². The fourth-order valence-electron chi connectivity index (χ4n) is 3.70. The first-order chi connectivity index (χ1) is 13.7. The van der Waals surface area contributed by atoms with Crippen LogP contribution in [0.15, 0.2) is 36.4 Å². The molecule has 0 saturated heterocycles. The van der Waals surface area contributed by atoms with E-state index in [0.717, 1.165) is 17.7 Å². The summed E-state index contributed by atoms with van der Waals surface area (Å²) >= 11 is 0. The van der Waals surface area contributed by atoms with E-state index in [1.165, 1.54) is 12.8 Å². The van der Waals surface area contributed by atoms with Crippen LogP contribution in [0.4, 0.5) is 0 Å². The quantitative estimate of drug-likeness (QED) is 0.774. The standard InChI is InChI=1S/C22H27N3O3/c1-2-18(16-6-4-3-5-7-16)24-21(26)17-12-19(22(27)23-13-15-8-9-15)25-10-11-28-14-20(17)25/h3-7,12,15,18H,2,8-11,13-14H2,1H3,(H,23,27)(H,24,26)/t18-/m1/s1. The van der Waals surface area contributed by atoms with E-state index in [-0.39, 0.29) is 17.9 Å². The van der Waals surface area contributed by atoms with E-state index in [0.29, 0.717) is 43.5 Å². The molecule has 6 nitrogen and oxygen atoms in total. The molecule has 0 spiro atoms. The first-order valence-corrected chi connectivity index (χ1v) is 10.1. The summed E-state index contributed by atoms with van der Waals surface area (Å²) in [4.78, 5) is 25.7. The van der Waals surface area contributed by atoms with Crippen LogP contribution in [0, 0.1) is 5.92 Å². The predicted molar refractivity (Wildman–Crippen MR) is 106 cm³/mol. The molecular weight excluding hydrogens is 354 g/mol. The van der Waals surface area contributed by atoms with E-state index in [1.807, 2.05) is 41.8 Å². The molecule has 1 saturated carbocycles. The van der Waals surface area contributed by atoms with E-state index in [1.54, 1.807) is 6.07 Å². The van der Waals surface area contributed by atoms with Gasteiger partial charge in [0.05, 0.1) is 30.5 Å². The molecule has 1 atom stereocenters. The maximum atomic E-state index is 13.1. The minimum Gasteiger partial charge on any atom is -0.373 e. The molecule has 148 valence electrons. The second-order valence-corrected chi connectivity index (χ2v) is 7.59. The molecule has 2 heterocycles. The lowest BCUT2D eigenvalue weighted by atomic mass is 10.0. The van der Waals surface area contributed by atoms with Crippen molar-refractivity contribution in [3.8, 4) is 0 Å². The smallest absolute Gasteiger partial charge is 0.267 e. The number of ether oxygens (including phenoxy) is 1. The molecule has 1 aromatic heterocycles. The van der Waals surface area contributed by atoms with Crippen LogP contribution in [-0.2, 0) is 17.9 Å². The number of hydrogen-bond donors (Lipinski definition) is 2. The van der Waals surface area contributed by atoms with Crippen molar-refractivity contribution < 1.29 is 14.3 Å². The third kappa shape index (κ3) is 3.97. The van der Waals surface area contributed by atoms with Gasteiger partial charge in [0.15, 0.2) is 0 Å². The summed E-state index contributed by atoms with van der Waals surface area (Å²) in [6.45, 7) is 4.25. The lowest BCUT2D eigenvalue weighted by Gasteiger charge is -2.20. The Kier molecular flexibility index (Phi) is 5.48. The zero-order valence-electron chi connectivity index (χ0n) is 16.2. The molecule has 2 amide bonds. The number of nitrogens with one attached hydrogen (secondary N) is 2. The van der Waals surface area contributed by atoms with Crippen molar-refractivity contribution >= 4 is 11.8 Å². The van der Waals surface area contributed by atoms with Gasteiger partial charge in [0, 0.05) is 13.1 Å². The van der Waals surface area contributed by atoms with Gasteiger partial charge in [-0.3, -0.25) is 9.59 Å². The van der Waals surface area contributed by atoms with Crippen LogP contribution in [0.25, 0.3) is 0 Å². The van der Waals surface area contributed by atoms with Crippen LogP contribution in [-0.4, -0.2) is 29.5 Å². The third-order valence-electron chi connectivity index (χ3n) is 5.55. The highest BCUT2D eigenvalue weighted by Crippen LogP contribution is 2.28. The van der Waals surface area contributed by atoms with Gasteiger partial charge in [-0.2, -0.15) is 0 Å². The summed E-state index contributed by atoms with van der Waals surface area (Å²) in [7, 11) is 0. The van der Waals surface area contributed by atoms with Crippen molar-refractivity contribution in [2.24, 2.45) is 5.92 Å². The molecular formula is C22H27N3O3. The number of amides is 2. The minimum absolute atomic E-state index is 0.0686. The van der Waals surface area contributed by atoms with Crippen molar-refractivity contribution in [1.29, 1.82) is 0 Å². The first kappa shape index (κ1) is 18.7. The van der Waals surface area contributed by atoms with Gasteiger partial charge in [0.1, 0.15) is 5.69 Å². The van der Waals surface area contributed by atoms with Crippen molar-refractivity contribution in [1.82, 2.24) is 15.2 Å². The second kappa shape index (κ2) is 8.19. The fourth-order valence-corrected chi connectivity index (χ4v) is 3.70. The molecule has 4 rings (SSSR count). The van der Waals surface area contributed by atoms with Gasteiger partial charge in [-0.05, 0) is 36.8 Å². The highest BCUT2D eigenvalue weighted by atomic mass is 16.5. The first-order valence-electron chi connectivity index (χ1n) is 10.1. The number of benzene rings is 1. The highest BCUT2D eigenvalue weighted by Gasteiger charge is 2.28. The molecule has 1 fully saturated rings. The molecule has 2 aliphatic rings. The Morgan fingerprint density at radius 3 is 2.71 bits per heavy atom. The van der Waals surface area contributed by atoms with E-state index in [9.17, 15) is 9.59 Å². The van der Waals surface area contributed by atoms with Gasteiger partial charge in [0.25, 0.3) is 11.8 Å². The Morgan fingerprint density at radius 1 is 1.21 bits per heavy atom. The van der Waals surface area contributed by atoms with Gasteiger partial charge >= 0.3 is 0 Å². The molecule has 1 aromatic carbocycles. The van der Waals surface area contributed by atoms with E-state index in [2.05, 4.69) is 10.6 Å². The largest absolute Gasteiger partial charge is 0.373 e. The Labute approximate surface area is 165 Å². The summed E-state index contributed by atoms with van der Waals surface area (Å²) in [6.07, 6.45) is 3.16. The fraction of sp³-hybridized carbons (Fsp3) is 0.455. The number of carbonyl (C=O) groups is 2. The van der Waals surface area contributed by atoms with Crippen LogP contribution in [0.2, 0.25) is 0 Å². The number of nitrogens with zero attached hydrogens (tertiary/aromatic N) is 1. The van der Waals surface area contributed by atoms with Crippen molar-refractivity contribution in [3.63, 3.8) is 0 Å². The second-order valence-electron chi connectivity index (χ2n) is 7.59. The average Bonchev–Trinajstić information content (AvgIpc) is 3.49. The van der Waals surface area contributed by atoms with Crippen molar-refractivity contribution in [2.75, 3.05) is 13.2 Å². The molecule has 2 N–H and O–H groups in total. The summed E-state index contributed by atoms with van der Waals surface area (Å²) < 4.78 is 7.51. The Morgan fingerprint density at radius 2 is 2.00 bits per heavy atom. The maximum absolute atomic E-state index is 13.1. The number of carbonyl (C=O) groups excluding carboxylic acids is 2. The lowest BCUT2D eigenvalue weighted by molar-refractivity contribution is 0.0776. The van der Waals surface area contributed by atoms with Gasteiger partial charge < -0.3 is 19.9 Å². The van der Waals surface area contributed by atoms with Gasteiger partial charge in [0.2, 0.25) is 0 Å². The summed E-state index contributed by atoms with van der Waals surface area (Å²) in [5.74, 6) is 0.345. The maximum Gasteiger partial charge on any atom is 0.267 e. The summed E-state index contributed by atoms with van der Waals surface area (Å²) in [5, 5.41) is 6.13. The zero-order chi connectivity index (χ0) is 19.5. The predicted octanol–water partition coefficient (Wildman–Crippen LogP) is 3.04. The molecule has 28 heavy (non-hydrogen) atoms. The Hall–Kier alpha value is -2.60. The molecule has 0 radical (unpaired) electrons. The number of aromatic nitrogens is 1. The van der Waals surface area contributed by atoms with Crippen LogP contribution in [0.1, 0.15) is 64.3 Å². The summed E-state index contributed by atoms with van der Waals surface area (Å²) in [5.41, 5.74) is 2.94. The number of rotatable bonds is 7. The highest BCUT2D eigenvalue weighted by molar-refractivity contribution is 6.00. The van der Waals surface area contributed by atoms with E-state index >= 15 is 0 Å². The van der Waals surface area contributed by atoms with Crippen molar-refractivity contribution in [2.45, 2.75) is 45.4 Å². The Balaban J connectivity index is 1.56. The van der Waals surface area contributed by atoms with E-state index < -0.39 is 0 Å².